The number of hydrogen-bond acceptors (Lipinski definition) is 1. The van der Waals surface area contributed by atoms with Crippen LogP contribution in [0.15, 0.2) is 36.4 Å². The molecule has 0 atom stereocenters. The standard InChI is InChI=1S/C20H24F3NO/c21-20(22,23)18(15-8-2-1-3-9-15)14-19(25)24(16-10-4-5-11-16)17-12-6-7-13-17/h1-3,8-9,14,16-17H,4-7,10-13H2/b18-14-. The summed E-state index contributed by atoms with van der Waals surface area (Å²) in [5, 5.41) is 0. The summed E-state index contributed by atoms with van der Waals surface area (Å²) in [4.78, 5) is 14.7. The van der Waals surface area contributed by atoms with Gasteiger partial charge in [0.1, 0.15) is 0 Å². The number of hydrogen-bond donors (Lipinski definition) is 0. The van der Waals surface area contributed by atoms with Gasteiger partial charge in [-0.05, 0) is 31.2 Å². The van der Waals surface area contributed by atoms with Gasteiger partial charge in [0.25, 0.3) is 0 Å². The Balaban J connectivity index is 1.92. The minimum atomic E-state index is -4.55. The van der Waals surface area contributed by atoms with E-state index >= 15 is 0 Å². The van der Waals surface area contributed by atoms with Crippen LogP contribution >= 0.6 is 0 Å². The van der Waals surface area contributed by atoms with Gasteiger partial charge < -0.3 is 4.90 Å². The fourth-order valence-corrected chi connectivity index (χ4v) is 4.17. The van der Waals surface area contributed by atoms with Gasteiger partial charge in [-0.3, -0.25) is 4.79 Å². The molecule has 3 rings (SSSR count). The number of allylic oxidation sites excluding steroid dienone is 1. The monoisotopic (exact) mass is 351 g/mol. The largest absolute Gasteiger partial charge is 0.417 e. The topological polar surface area (TPSA) is 20.3 Å². The number of nitrogens with zero attached hydrogens (tertiary/aromatic N) is 1. The number of carbonyl (C=O) groups excluding carboxylic acids is 1. The van der Waals surface area contributed by atoms with E-state index < -0.39 is 17.7 Å². The van der Waals surface area contributed by atoms with Crippen molar-refractivity contribution in [2.75, 3.05) is 0 Å². The quantitative estimate of drug-likeness (QED) is 0.670. The second kappa shape index (κ2) is 7.63. The third-order valence-electron chi connectivity index (χ3n) is 5.35. The zero-order valence-electron chi connectivity index (χ0n) is 14.3. The van der Waals surface area contributed by atoms with Crippen LogP contribution in [-0.4, -0.2) is 29.1 Å². The summed E-state index contributed by atoms with van der Waals surface area (Å²) in [5.74, 6) is -0.477. The van der Waals surface area contributed by atoms with E-state index in [1.807, 2.05) is 0 Å². The summed E-state index contributed by atoms with van der Waals surface area (Å²) in [6.45, 7) is 0. The van der Waals surface area contributed by atoms with Crippen molar-refractivity contribution in [3.05, 3.63) is 42.0 Å². The second-order valence-electron chi connectivity index (χ2n) is 7.04. The van der Waals surface area contributed by atoms with E-state index in [2.05, 4.69) is 0 Å². The maximum absolute atomic E-state index is 13.5. The normalized spacial score (nSPS) is 20.2. The maximum atomic E-state index is 13.5. The number of halogens is 3. The van der Waals surface area contributed by atoms with Crippen molar-refractivity contribution < 1.29 is 18.0 Å². The number of rotatable bonds is 4. The first-order chi connectivity index (χ1) is 12.0. The van der Waals surface area contributed by atoms with Gasteiger partial charge in [-0.2, -0.15) is 13.2 Å². The molecule has 2 aliphatic rings. The molecule has 5 heteroatoms. The Morgan fingerprint density at radius 2 is 1.40 bits per heavy atom. The summed E-state index contributed by atoms with van der Waals surface area (Å²) in [6.07, 6.45) is 4.11. The van der Waals surface area contributed by atoms with Crippen molar-refractivity contribution in [1.29, 1.82) is 0 Å². The Morgan fingerprint density at radius 1 is 0.920 bits per heavy atom. The molecule has 0 heterocycles. The van der Waals surface area contributed by atoms with Gasteiger partial charge in [0.05, 0.1) is 5.57 Å². The molecule has 1 amide bonds. The Kier molecular flexibility index (Phi) is 5.50. The first kappa shape index (κ1) is 18.0. The number of alkyl halides is 3. The van der Waals surface area contributed by atoms with E-state index in [4.69, 9.17) is 0 Å². The Hall–Kier alpha value is -1.78. The lowest BCUT2D eigenvalue weighted by atomic mass is 10.0. The molecule has 0 saturated heterocycles. The third-order valence-corrected chi connectivity index (χ3v) is 5.35. The lowest BCUT2D eigenvalue weighted by molar-refractivity contribution is -0.131. The molecule has 2 nitrogen and oxygen atoms in total. The van der Waals surface area contributed by atoms with Gasteiger partial charge in [0.2, 0.25) is 5.91 Å². The first-order valence-electron chi connectivity index (χ1n) is 9.13. The summed E-state index contributed by atoms with van der Waals surface area (Å²) in [6, 6.07) is 7.79. The van der Waals surface area contributed by atoms with Crippen LogP contribution in [0, 0.1) is 0 Å². The van der Waals surface area contributed by atoms with Gasteiger partial charge in [0.15, 0.2) is 0 Å². The van der Waals surface area contributed by atoms with E-state index in [-0.39, 0.29) is 17.6 Å². The third kappa shape index (κ3) is 4.25. The molecule has 2 aliphatic carbocycles. The molecular weight excluding hydrogens is 327 g/mol. The lowest BCUT2D eigenvalue weighted by Crippen LogP contribution is -2.44. The fourth-order valence-electron chi connectivity index (χ4n) is 4.17. The van der Waals surface area contributed by atoms with Crippen LogP contribution < -0.4 is 0 Å². The molecule has 0 radical (unpaired) electrons. The van der Waals surface area contributed by atoms with Crippen LogP contribution in [0.25, 0.3) is 5.57 Å². The highest BCUT2D eigenvalue weighted by Crippen LogP contribution is 2.36. The van der Waals surface area contributed by atoms with Crippen LogP contribution in [0.2, 0.25) is 0 Å². The molecule has 2 saturated carbocycles. The van der Waals surface area contributed by atoms with Crippen LogP contribution in [0.3, 0.4) is 0 Å². The molecule has 0 aliphatic heterocycles. The average Bonchev–Trinajstić information content (AvgIpc) is 3.27. The molecule has 0 bridgehead atoms. The zero-order chi connectivity index (χ0) is 17.9. The average molecular weight is 351 g/mol. The molecule has 25 heavy (non-hydrogen) atoms. The molecule has 1 aromatic rings. The van der Waals surface area contributed by atoms with Gasteiger partial charge >= 0.3 is 6.18 Å². The minimum Gasteiger partial charge on any atom is -0.333 e. The predicted molar refractivity (Wildman–Crippen MR) is 91.8 cm³/mol. The Bertz CT molecular complexity index is 596. The first-order valence-corrected chi connectivity index (χ1v) is 9.13. The Morgan fingerprint density at radius 3 is 1.84 bits per heavy atom. The van der Waals surface area contributed by atoms with Crippen LogP contribution in [0.5, 0.6) is 0 Å². The van der Waals surface area contributed by atoms with Crippen molar-refractivity contribution >= 4 is 11.5 Å². The van der Waals surface area contributed by atoms with Gasteiger partial charge in [-0.15, -0.1) is 0 Å². The summed E-state index contributed by atoms with van der Waals surface area (Å²) >= 11 is 0. The molecule has 0 N–H and O–H groups in total. The fraction of sp³-hybridized carbons (Fsp3) is 0.550. The summed E-state index contributed by atoms with van der Waals surface area (Å²) in [5.41, 5.74) is -0.805. The molecule has 0 aromatic heterocycles. The van der Waals surface area contributed by atoms with Crippen molar-refractivity contribution in [3.8, 4) is 0 Å². The predicted octanol–water partition coefficient (Wildman–Crippen LogP) is 5.35. The molecular formula is C20H24F3NO. The van der Waals surface area contributed by atoms with Gasteiger partial charge in [-0.1, -0.05) is 56.0 Å². The van der Waals surface area contributed by atoms with Gasteiger partial charge in [0, 0.05) is 18.2 Å². The zero-order valence-corrected chi connectivity index (χ0v) is 14.3. The molecule has 0 unspecified atom stereocenters. The van der Waals surface area contributed by atoms with Crippen LogP contribution in [0.1, 0.15) is 56.9 Å². The lowest BCUT2D eigenvalue weighted by Gasteiger charge is -2.34. The molecule has 2 fully saturated rings. The molecule has 136 valence electrons. The second-order valence-corrected chi connectivity index (χ2v) is 7.04. The van der Waals surface area contributed by atoms with Crippen molar-refractivity contribution in [2.24, 2.45) is 0 Å². The van der Waals surface area contributed by atoms with Crippen molar-refractivity contribution in [1.82, 2.24) is 4.90 Å². The highest BCUT2D eigenvalue weighted by molar-refractivity contribution is 5.96. The highest BCUT2D eigenvalue weighted by atomic mass is 19.4. The number of benzene rings is 1. The van der Waals surface area contributed by atoms with E-state index in [1.165, 1.54) is 12.1 Å². The SMILES string of the molecule is O=C(/C=C(/c1ccccc1)C(F)(F)F)N(C1CCCC1)C1CCCC1. The summed E-state index contributed by atoms with van der Waals surface area (Å²) in [7, 11) is 0. The highest BCUT2D eigenvalue weighted by Gasteiger charge is 2.38. The number of amides is 1. The maximum Gasteiger partial charge on any atom is 0.417 e. The Labute approximate surface area is 146 Å². The molecule has 1 aromatic carbocycles. The summed E-state index contributed by atoms with van der Waals surface area (Å²) < 4.78 is 40.6. The number of carbonyl (C=O) groups is 1. The molecule has 0 spiro atoms. The van der Waals surface area contributed by atoms with E-state index in [9.17, 15) is 18.0 Å². The minimum absolute atomic E-state index is 0.0427. The van der Waals surface area contributed by atoms with Crippen LogP contribution in [0.4, 0.5) is 13.2 Å². The van der Waals surface area contributed by atoms with Crippen LogP contribution in [-0.2, 0) is 4.79 Å². The van der Waals surface area contributed by atoms with E-state index in [1.54, 1.807) is 23.1 Å². The van der Waals surface area contributed by atoms with Crippen molar-refractivity contribution in [2.45, 2.75) is 69.6 Å². The van der Waals surface area contributed by atoms with E-state index in [0.29, 0.717) is 0 Å². The van der Waals surface area contributed by atoms with Gasteiger partial charge in [-0.25, -0.2) is 0 Å². The van der Waals surface area contributed by atoms with Crippen molar-refractivity contribution in [3.63, 3.8) is 0 Å². The smallest absolute Gasteiger partial charge is 0.333 e. The van der Waals surface area contributed by atoms with E-state index in [0.717, 1.165) is 57.4 Å².